The average Bonchev–Trinajstić information content (AvgIpc) is 2.49. The van der Waals surface area contributed by atoms with E-state index >= 15 is 0 Å². The van der Waals surface area contributed by atoms with Gasteiger partial charge in [-0.1, -0.05) is 0 Å². The average molecular weight is 173 g/mol. The van der Waals surface area contributed by atoms with Gasteiger partial charge in [-0.15, -0.1) is 5.10 Å². The fourth-order valence-electron chi connectivity index (χ4n) is 1.09. The molecule has 13 heavy (non-hydrogen) atoms. The summed E-state index contributed by atoms with van der Waals surface area (Å²) < 4.78 is 0. The lowest BCUT2D eigenvalue weighted by atomic mass is 10.1. The van der Waals surface area contributed by atoms with E-state index in [2.05, 4.69) is 15.2 Å². The minimum Gasteiger partial charge on any atom is -0.285 e. The maximum atomic E-state index is 11.4. The normalized spacial score (nSPS) is 15.6. The fraction of sp³-hybridized carbons (Fsp3) is 0.111. The van der Waals surface area contributed by atoms with E-state index in [1.165, 1.54) is 0 Å². The molecule has 1 aliphatic heterocycles. The Morgan fingerprint density at radius 3 is 2.38 bits per heavy atom. The molecule has 0 N–H and O–H groups in total. The molecule has 1 aliphatic rings. The number of carbonyl (C=O) groups is 1. The molecule has 0 aromatic carbocycles. The third-order valence-electron chi connectivity index (χ3n) is 1.80. The van der Waals surface area contributed by atoms with Crippen LogP contribution in [0, 0.1) is 0 Å². The molecule has 2 heterocycles. The van der Waals surface area contributed by atoms with Gasteiger partial charge in [-0.2, -0.15) is 5.10 Å². The van der Waals surface area contributed by atoms with Gasteiger partial charge in [0, 0.05) is 18.0 Å². The topological polar surface area (TPSA) is 54.7 Å². The van der Waals surface area contributed by atoms with Crippen molar-refractivity contribution in [1.29, 1.82) is 0 Å². The summed E-state index contributed by atoms with van der Waals surface area (Å²) in [6.45, 7) is 1.65. The number of nitrogens with zero attached hydrogens (tertiary/aromatic N) is 3. The zero-order chi connectivity index (χ0) is 9.26. The standard InChI is InChI=1S/C9H7N3O/c1-6-9(13)8(12-11-6)7-2-4-10-5-3-7/h2-5H,1H3. The first-order valence-corrected chi connectivity index (χ1v) is 3.86. The van der Waals surface area contributed by atoms with E-state index in [0.717, 1.165) is 5.56 Å². The summed E-state index contributed by atoms with van der Waals surface area (Å²) in [7, 11) is 0. The molecule has 4 heteroatoms. The monoisotopic (exact) mass is 173 g/mol. The lowest BCUT2D eigenvalue weighted by molar-refractivity contribution is -0.107. The minimum atomic E-state index is -0.105. The van der Waals surface area contributed by atoms with Crippen molar-refractivity contribution in [2.75, 3.05) is 0 Å². The van der Waals surface area contributed by atoms with Crippen LogP contribution in [0.1, 0.15) is 12.5 Å². The van der Waals surface area contributed by atoms with E-state index < -0.39 is 0 Å². The molecule has 4 nitrogen and oxygen atoms in total. The fourth-order valence-corrected chi connectivity index (χ4v) is 1.09. The van der Waals surface area contributed by atoms with Gasteiger partial charge in [-0.05, 0) is 19.1 Å². The van der Waals surface area contributed by atoms with Gasteiger partial charge >= 0.3 is 0 Å². The number of hydrogen-bond donors (Lipinski definition) is 0. The van der Waals surface area contributed by atoms with Crippen LogP contribution in [0.15, 0.2) is 34.7 Å². The number of Topliss-reactive ketones (excluding diaryl/α,β-unsaturated/α-hetero) is 1. The van der Waals surface area contributed by atoms with Crippen molar-refractivity contribution in [1.82, 2.24) is 4.98 Å². The second kappa shape index (κ2) is 2.90. The Hall–Kier alpha value is -1.84. The second-order valence-corrected chi connectivity index (χ2v) is 2.70. The number of pyridine rings is 1. The molecule has 64 valence electrons. The summed E-state index contributed by atoms with van der Waals surface area (Å²) in [6, 6.07) is 3.48. The molecule has 0 bridgehead atoms. The van der Waals surface area contributed by atoms with Gasteiger partial charge < -0.3 is 0 Å². The molecule has 1 aromatic rings. The Kier molecular flexibility index (Phi) is 1.73. The lowest BCUT2D eigenvalue weighted by Gasteiger charge is -1.95. The van der Waals surface area contributed by atoms with Crippen molar-refractivity contribution < 1.29 is 4.79 Å². The lowest BCUT2D eigenvalue weighted by Crippen LogP contribution is -2.17. The highest BCUT2D eigenvalue weighted by atomic mass is 16.1. The van der Waals surface area contributed by atoms with Crippen LogP contribution in [0.5, 0.6) is 0 Å². The van der Waals surface area contributed by atoms with E-state index in [1.54, 1.807) is 31.5 Å². The summed E-state index contributed by atoms with van der Waals surface area (Å²) >= 11 is 0. The van der Waals surface area contributed by atoms with Gasteiger partial charge in [0.15, 0.2) is 0 Å². The number of ketones is 1. The van der Waals surface area contributed by atoms with Crippen LogP contribution >= 0.6 is 0 Å². The zero-order valence-electron chi connectivity index (χ0n) is 7.06. The molecule has 0 amide bonds. The minimum absolute atomic E-state index is 0.105. The Morgan fingerprint density at radius 1 is 1.15 bits per heavy atom. The maximum absolute atomic E-state index is 11.4. The highest BCUT2D eigenvalue weighted by molar-refractivity contribution is 6.70. The Morgan fingerprint density at radius 2 is 1.85 bits per heavy atom. The van der Waals surface area contributed by atoms with Crippen molar-refractivity contribution in [3.8, 4) is 0 Å². The molecule has 2 rings (SSSR count). The van der Waals surface area contributed by atoms with Gasteiger partial charge in [-0.25, -0.2) is 0 Å². The molecule has 0 atom stereocenters. The van der Waals surface area contributed by atoms with Crippen LogP contribution in [0.25, 0.3) is 0 Å². The van der Waals surface area contributed by atoms with E-state index in [-0.39, 0.29) is 5.78 Å². The third kappa shape index (κ3) is 1.26. The smallest absolute Gasteiger partial charge is 0.229 e. The molecule has 0 saturated heterocycles. The number of aromatic nitrogens is 1. The summed E-state index contributed by atoms with van der Waals surface area (Å²) in [5.74, 6) is -0.105. The Bertz CT molecular complexity index is 406. The maximum Gasteiger partial charge on any atom is 0.229 e. The largest absolute Gasteiger partial charge is 0.285 e. The summed E-state index contributed by atoms with van der Waals surface area (Å²) in [5, 5.41) is 7.50. The van der Waals surface area contributed by atoms with Crippen LogP contribution in [-0.4, -0.2) is 22.2 Å². The van der Waals surface area contributed by atoms with Gasteiger partial charge in [0.1, 0.15) is 11.4 Å². The van der Waals surface area contributed by atoms with Crippen molar-refractivity contribution >= 4 is 17.2 Å². The number of hydrogen-bond acceptors (Lipinski definition) is 4. The molecule has 0 aliphatic carbocycles. The third-order valence-corrected chi connectivity index (χ3v) is 1.80. The summed E-state index contributed by atoms with van der Waals surface area (Å²) in [5.41, 5.74) is 1.60. The molecule has 1 aromatic heterocycles. The first kappa shape index (κ1) is 7.79. The van der Waals surface area contributed by atoms with E-state index in [4.69, 9.17) is 0 Å². The van der Waals surface area contributed by atoms with Gasteiger partial charge in [-0.3, -0.25) is 9.78 Å². The quantitative estimate of drug-likeness (QED) is 0.631. The van der Waals surface area contributed by atoms with Crippen molar-refractivity contribution in [2.24, 2.45) is 10.2 Å². The van der Waals surface area contributed by atoms with E-state index in [0.29, 0.717) is 11.4 Å². The van der Waals surface area contributed by atoms with E-state index in [1.807, 2.05) is 0 Å². The highest BCUT2D eigenvalue weighted by Gasteiger charge is 2.21. The molecule has 0 radical (unpaired) electrons. The molecular weight excluding hydrogens is 166 g/mol. The van der Waals surface area contributed by atoms with Gasteiger partial charge in [0.2, 0.25) is 5.78 Å². The zero-order valence-corrected chi connectivity index (χ0v) is 7.06. The molecule has 0 spiro atoms. The molecule has 0 saturated carbocycles. The predicted molar refractivity (Wildman–Crippen MR) is 48.9 cm³/mol. The van der Waals surface area contributed by atoms with Crippen LogP contribution in [0.4, 0.5) is 0 Å². The number of carbonyl (C=O) groups excluding carboxylic acids is 1. The van der Waals surface area contributed by atoms with Gasteiger partial charge in [0.25, 0.3) is 0 Å². The predicted octanol–water partition coefficient (Wildman–Crippen LogP) is 0.829. The molecule has 0 fully saturated rings. The first-order valence-electron chi connectivity index (χ1n) is 3.86. The van der Waals surface area contributed by atoms with Crippen LogP contribution in [0.2, 0.25) is 0 Å². The van der Waals surface area contributed by atoms with Crippen molar-refractivity contribution in [2.45, 2.75) is 6.92 Å². The summed E-state index contributed by atoms with van der Waals surface area (Å²) in [6.07, 6.45) is 3.25. The SMILES string of the molecule is CC1=NN=C(c2ccncc2)C1=O. The van der Waals surface area contributed by atoms with Crippen LogP contribution in [0.3, 0.4) is 0 Å². The Labute approximate surface area is 75.0 Å². The second-order valence-electron chi connectivity index (χ2n) is 2.70. The van der Waals surface area contributed by atoms with Crippen molar-refractivity contribution in [3.63, 3.8) is 0 Å². The number of rotatable bonds is 1. The first-order chi connectivity index (χ1) is 6.29. The van der Waals surface area contributed by atoms with Crippen LogP contribution in [-0.2, 0) is 4.79 Å². The van der Waals surface area contributed by atoms with Gasteiger partial charge in [0.05, 0.1) is 0 Å². The van der Waals surface area contributed by atoms with E-state index in [9.17, 15) is 4.79 Å². The summed E-state index contributed by atoms with van der Waals surface area (Å²) in [4.78, 5) is 15.3. The van der Waals surface area contributed by atoms with Crippen molar-refractivity contribution in [3.05, 3.63) is 30.1 Å². The Balaban J connectivity index is 2.38. The van der Waals surface area contributed by atoms with Crippen LogP contribution < -0.4 is 0 Å². The molecule has 0 unspecified atom stereocenters. The molecular formula is C9H7N3O. The highest BCUT2D eigenvalue weighted by Crippen LogP contribution is 2.07.